The lowest BCUT2D eigenvalue weighted by Crippen LogP contribution is -2.30. The molecular formula is C27H30N2O4. The second-order valence-electron chi connectivity index (χ2n) is 8.93. The second-order valence-corrected chi connectivity index (χ2v) is 8.93. The fraction of sp³-hybridized carbons (Fsp3) is 0.333. The summed E-state index contributed by atoms with van der Waals surface area (Å²) in [5.74, 6) is -0.307. The molecule has 1 unspecified atom stereocenters. The topological polar surface area (TPSA) is 71.8 Å². The average molecular weight is 447 g/mol. The number of para-hydroxylation sites is 1. The summed E-state index contributed by atoms with van der Waals surface area (Å²) in [6, 6.07) is 14.2. The van der Waals surface area contributed by atoms with Gasteiger partial charge in [-0.2, -0.15) is 0 Å². The molecule has 2 aromatic carbocycles. The zero-order valence-corrected chi connectivity index (χ0v) is 19.5. The lowest BCUT2D eigenvalue weighted by Gasteiger charge is -2.24. The quantitative estimate of drug-likeness (QED) is 0.313. The number of aromatic nitrogens is 1. The average Bonchev–Trinajstić information content (AvgIpc) is 3.27. The van der Waals surface area contributed by atoms with Crippen LogP contribution in [0.2, 0.25) is 0 Å². The maximum Gasteiger partial charge on any atom is 0.295 e. The van der Waals surface area contributed by atoms with E-state index >= 15 is 0 Å². The molecule has 6 nitrogen and oxygen atoms in total. The number of Topliss-reactive ketones (excluding diaryl/α,β-unsaturated/α-hetero) is 1. The Labute approximate surface area is 194 Å². The number of aryl methyl sites for hydroxylation is 1. The summed E-state index contributed by atoms with van der Waals surface area (Å²) in [6.07, 6.45) is 2.65. The Kier molecular flexibility index (Phi) is 6.27. The number of hydrogen-bond donors (Lipinski definition) is 1. The van der Waals surface area contributed by atoms with Gasteiger partial charge in [0.25, 0.3) is 11.7 Å². The molecule has 6 heteroatoms. The third-order valence-corrected chi connectivity index (χ3v) is 5.94. The lowest BCUT2D eigenvalue weighted by molar-refractivity contribution is -0.139. The molecule has 1 aliphatic heterocycles. The first-order valence-corrected chi connectivity index (χ1v) is 11.4. The van der Waals surface area contributed by atoms with Crippen LogP contribution in [0, 0.1) is 5.92 Å². The Morgan fingerprint density at radius 1 is 1.09 bits per heavy atom. The van der Waals surface area contributed by atoms with E-state index in [1.807, 2.05) is 49.0 Å². The van der Waals surface area contributed by atoms with Gasteiger partial charge in [-0.3, -0.25) is 9.59 Å². The first-order valence-electron chi connectivity index (χ1n) is 11.4. The number of benzene rings is 2. The van der Waals surface area contributed by atoms with E-state index in [-0.39, 0.29) is 11.3 Å². The van der Waals surface area contributed by atoms with E-state index in [4.69, 9.17) is 4.74 Å². The molecule has 0 bridgehead atoms. The van der Waals surface area contributed by atoms with E-state index < -0.39 is 17.7 Å². The normalized spacial score (nSPS) is 18.0. The van der Waals surface area contributed by atoms with Gasteiger partial charge >= 0.3 is 0 Å². The number of amides is 1. The van der Waals surface area contributed by atoms with Crippen molar-refractivity contribution < 1.29 is 19.4 Å². The molecule has 1 saturated heterocycles. The van der Waals surface area contributed by atoms with Crippen LogP contribution in [0.5, 0.6) is 5.75 Å². The molecule has 1 aromatic heterocycles. The van der Waals surface area contributed by atoms with Gasteiger partial charge in [0.15, 0.2) is 0 Å². The van der Waals surface area contributed by atoms with Gasteiger partial charge in [-0.05, 0) is 42.7 Å². The SMILES string of the molecule is CCCN1C(=O)C(=O)/C(=C(/O)c2ccc(OCC(C)C)cc2)C1c1cn(C)c2ccccc12. The van der Waals surface area contributed by atoms with E-state index in [0.717, 1.165) is 16.5 Å². The van der Waals surface area contributed by atoms with Crippen molar-refractivity contribution >= 4 is 28.4 Å². The van der Waals surface area contributed by atoms with Crippen molar-refractivity contribution in [3.8, 4) is 5.75 Å². The smallest absolute Gasteiger partial charge is 0.295 e. The summed E-state index contributed by atoms with van der Waals surface area (Å²) in [5, 5.41) is 12.2. The number of hydrogen-bond acceptors (Lipinski definition) is 4. The van der Waals surface area contributed by atoms with Gasteiger partial charge in [0.2, 0.25) is 0 Å². The van der Waals surface area contributed by atoms with Gasteiger partial charge in [-0.15, -0.1) is 0 Å². The summed E-state index contributed by atoms with van der Waals surface area (Å²) in [6.45, 7) is 7.13. The summed E-state index contributed by atoms with van der Waals surface area (Å²) >= 11 is 0. The number of ether oxygens (including phenoxy) is 1. The van der Waals surface area contributed by atoms with Crippen LogP contribution in [0.1, 0.15) is 44.4 Å². The zero-order valence-electron chi connectivity index (χ0n) is 19.5. The van der Waals surface area contributed by atoms with Gasteiger partial charge in [-0.25, -0.2) is 0 Å². The molecule has 1 aliphatic rings. The third-order valence-electron chi connectivity index (χ3n) is 5.94. The number of fused-ring (bicyclic) bond motifs is 1. The van der Waals surface area contributed by atoms with Crippen LogP contribution in [0.4, 0.5) is 0 Å². The number of aliphatic hydroxyl groups is 1. The van der Waals surface area contributed by atoms with Crippen molar-refractivity contribution in [1.82, 2.24) is 9.47 Å². The summed E-state index contributed by atoms with van der Waals surface area (Å²) in [4.78, 5) is 27.7. The molecule has 1 amide bonds. The second kappa shape index (κ2) is 9.14. The minimum atomic E-state index is -0.654. The van der Waals surface area contributed by atoms with Crippen molar-refractivity contribution in [1.29, 1.82) is 0 Å². The van der Waals surface area contributed by atoms with E-state index in [9.17, 15) is 14.7 Å². The highest BCUT2D eigenvalue weighted by molar-refractivity contribution is 6.46. The number of likely N-dealkylation sites (tertiary alicyclic amines) is 1. The minimum absolute atomic E-state index is 0.126. The van der Waals surface area contributed by atoms with Crippen molar-refractivity contribution in [2.75, 3.05) is 13.2 Å². The summed E-state index contributed by atoms with van der Waals surface area (Å²) in [5.41, 5.74) is 2.44. The van der Waals surface area contributed by atoms with Gasteiger partial charge in [0, 0.05) is 41.8 Å². The van der Waals surface area contributed by atoms with Crippen molar-refractivity contribution in [3.05, 3.63) is 71.4 Å². The maximum absolute atomic E-state index is 13.1. The monoisotopic (exact) mass is 446 g/mol. The van der Waals surface area contributed by atoms with E-state index in [2.05, 4.69) is 13.8 Å². The van der Waals surface area contributed by atoms with Crippen LogP contribution in [-0.2, 0) is 16.6 Å². The molecule has 0 radical (unpaired) electrons. The lowest BCUT2D eigenvalue weighted by atomic mass is 9.95. The van der Waals surface area contributed by atoms with Crippen LogP contribution < -0.4 is 4.74 Å². The maximum atomic E-state index is 13.1. The number of aliphatic hydroxyl groups excluding tert-OH is 1. The highest BCUT2D eigenvalue weighted by atomic mass is 16.5. The van der Waals surface area contributed by atoms with Gasteiger partial charge < -0.3 is 19.3 Å². The molecular weight excluding hydrogens is 416 g/mol. The molecule has 1 atom stereocenters. The molecule has 1 fully saturated rings. The minimum Gasteiger partial charge on any atom is -0.507 e. The number of nitrogens with zero attached hydrogens (tertiary/aromatic N) is 2. The van der Waals surface area contributed by atoms with Crippen molar-refractivity contribution in [2.45, 2.75) is 33.2 Å². The third kappa shape index (κ3) is 4.13. The van der Waals surface area contributed by atoms with Crippen LogP contribution in [0.3, 0.4) is 0 Å². The molecule has 3 aromatic rings. The molecule has 33 heavy (non-hydrogen) atoms. The first kappa shape index (κ1) is 22.6. The summed E-state index contributed by atoms with van der Waals surface area (Å²) in [7, 11) is 1.94. The Balaban J connectivity index is 1.82. The first-order chi connectivity index (χ1) is 15.8. The molecule has 2 heterocycles. The number of ketones is 1. The Hall–Kier alpha value is -3.54. The predicted octanol–water partition coefficient (Wildman–Crippen LogP) is 5.04. The van der Waals surface area contributed by atoms with Crippen LogP contribution in [0.25, 0.3) is 16.7 Å². The highest BCUT2D eigenvalue weighted by Gasteiger charge is 2.46. The molecule has 172 valence electrons. The predicted molar refractivity (Wildman–Crippen MR) is 129 cm³/mol. The van der Waals surface area contributed by atoms with Gasteiger partial charge in [0.05, 0.1) is 18.2 Å². The standard InChI is InChI=1S/C27H30N2O4/c1-5-14-29-24(21-15-28(4)22-9-7-6-8-20(21)22)23(26(31)27(29)32)25(30)18-10-12-19(13-11-18)33-16-17(2)3/h6-13,15,17,24,30H,5,14,16H2,1-4H3/b25-23+. The van der Waals surface area contributed by atoms with Gasteiger partial charge in [0.1, 0.15) is 11.5 Å². The van der Waals surface area contributed by atoms with Crippen LogP contribution in [0.15, 0.2) is 60.3 Å². The Morgan fingerprint density at radius 3 is 2.45 bits per heavy atom. The van der Waals surface area contributed by atoms with E-state index in [0.29, 0.717) is 36.8 Å². The summed E-state index contributed by atoms with van der Waals surface area (Å²) < 4.78 is 7.71. The number of rotatable bonds is 7. The molecule has 0 aliphatic carbocycles. The van der Waals surface area contributed by atoms with Crippen molar-refractivity contribution in [3.63, 3.8) is 0 Å². The van der Waals surface area contributed by atoms with E-state index in [1.165, 1.54) is 0 Å². The van der Waals surface area contributed by atoms with Crippen LogP contribution in [-0.4, -0.2) is 39.4 Å². The Bertz CT molecular complexity index is 1220. The fourth-order valence-corrected chi connectivity index (χ4v) is 4.39. The molecule has 0 saturated carbocycles. The fourth-order valence-electron chi connectivity index (χ4n) is 4.39. The molecule has 4 rings (SSSR count). The molecule has 0 spiro atoms. The van der Waals surface area contributed by atoms with E-state index in [1.54, 1.807) is 29.2 Å². The van der Waals surface area contributed by atoms with Crippen LogP contribution >= 0.6 is 0 Å². The largest absolute Gasteiger partial charge is 0.507 e. The highest BCUT2D eigenvalue weighted by Crippen LogP contribution is 2.42. The number of carbonyl (C=O) groups excluding carboxylic acids is 2. The van der Waals surface area contributed by atoms with Gasteiger partial charge in [-0.1, -0.05) is 39.0 Å². The zero-order chi connectivity index (χ0) is 23.7. The Morgan fingerprint density at radius 2 is 1.79 bits per heavy atom. The molecule has 1 N–H and O–H groups in total. The van der Waals surface area contributed by atoms with Crippen molar-refractivity contribution in [2.24, 2.45) is 13.0 Å². The number of carbonyl (C=O) groups is 2.